The van der Waals surface area contributed by atoms with Crippen molar-refractivity contribution in [2.45, 2.75) is 93.6 Å². The van der Waals surface area contributed by atoms with E-state index in [4.69, 9.17) is 9.29 Å². The normalized spacial score (nSPS) is 17.8. The van der Waals surface area contributed by atoms with Crippen molar-refractivity contribution in [1.29, 1.82) is 0 Å². The second-order valence-electron chi connectivity index (χ2n) is 8.14. The Kier molecular flexibility index (Phi) is 24.4. The van der Waals surface area contributed by atoms with Crippen LogP contribution < -0.4 is 29.6 Å². The zero-order valence-corrected chi connectivity index (χ0v) is 27.2. The van der Waals surface area contributed by atoms with Crippen LogP contribution in [0.1, 0.15) is 41.6 Å². The van der Waals surface area contributed by atoms with E-state index in [9.17, 15) is 34.0 Å². The quantitative estimate of drug-likeness (QED) is 0.103. The Morgan fingerprint density at radius 2 is 1.22 bits per heavy atom. The van der Waals surface area contributed by atoms with Crippen molar-refractivity contribution in [3.8, 4) is 0 Å². The average Bonchev–Trinajstić information content (AvgIpc) is 2.81. The van der Waals surface area contributed by atoms with Crippen molar-refractivity contribution in [3.05, 3.63) is 29.8 Å². The number of aryl methyl sites for hydroxylation is 1. The van der Waals surface area contributed by atoms with Gasteiger partial charge in [-0.25, -0.2) is 0 Å². The van der Waals surface area contributed by atoms with Gasteiger partial charge in [0.25, 0.3) is 10.1 Å². The molecule has 0 aliphatic rings. The zero-order valence-electron chi connectivity index (χ0n) is 23.8. The van der Waals surface area contributed by atoms with Crippen molar-refractivity contribution in [2.75, 3.05) is 18.1 Å². The van der Waals surface area contributed by atoms with Crippen LogP contribution in [0, 0.1) is 6.92 Å². The fourth-order valence-electron chi connectivity index (χ4n) is 2.82. The molecule has 9 nitrogen and oxygen atoms in total. The van der Waals surface area contributed by atoms with E-state index in [0.29, 0.717) is 0 Å². The molecule has 1 rings (SSSR count). The Labute approximate surface area is 256 Å². The van der Waals surface area contributed by atoms with Gasteiger partial charge >= 0.3 is 29.6 Å². The van der Waals surface area contributed by atoms with Crippen LogP contribution in [-0.2, 0) is 14.3 Å². The van der Waals surface area contributed by atoms with Crippen LogP contribution in [0.5, 0.6) is 0 Å². The molecule has 37 heavy (non-hydrogen) atoms. The summed E-state index contributed by atoms with van der Waals surface area (Å²) in [6.45, 7) is 10.1. The zero-order chi connectivity index (χ0) is 27.3. The number of aliphatic hydroxyl groups is 6. The Morgan fingerprint density at radius 1 is 0.811 bits per heavy atom. The molecule has 8 atom stereocenters. The van der Waals surface area contributed by atoms with E-state index in [-0.39, 0.29) is 54.8 Å². The van der Waals surface area contributed by atoms with Crippen LogP contribution in [0.25, 0.3) is 0 Å². The number of hydrogen-bond acceptors (Lipinski definition) is 11. The molecule has 0 amide bonds. The Morgan fingerprint density at radius 3 is 1.59 bits per heavy atom. The molecule has 0 spiro atoms. The second kappa shape index (κ2) is 21.4. The smallest absolute Gasteiger partial charge is 1.00 e. The number of rotatable bonds is 14. The Hall–Kier alpha value is 0.655. The maximum atomic E-state index is 12.0. The first-order valence-corrected chi connectivity index (χ1v) is 15.0. The van der Waals surface area contributed by atoms with Crippen LogP contribution in [-0.4, -0.2) is 113 Å². The summed E-state index contributed by atoms with van der Waals surface area (Å²) in [6, 6.07) is 6.08. The van der Waals surface area contributed by atoms with E-state index in [1.54, 1.807) is 30.8 Å². The molecular formula is C23H43BNaO9S3. The molecule has 0 bridgehead atoms. The van der Waals surface area contributed by atoms with Gasteiger partial charge in [0.05, 0.1) is 29.8 Å². The first kappa shape index (κ1) is 42.1. The van der Waals surface area contributed by atoms with Crippen molar-refractivity contribution in [3.63, 3.8) is 0 Å². The molecule has 3 radical (unpaired) electrons. The minimum atomic E-state index is -4.02. The van der Waals surface area contributed by atoms with Crippen LogP contribution in [0.3, 0.4) is 0 Å². The molecule has 0 fully saturated rings. The van der Waals surface area contributed by atoms with Gasteiger partial charge in [-0.05, 0) is 37.5 Å². The predicted molar refractivity (Wildman–Crippen MR) is 148 cm³/mol. The minimum Gasteiger partial charge on any atom is -1.00 e. The largest absolute Gasteiger partial charge is 1.00 e. The van der Waals surface area contributed by atoms with Crippen molar-refractivity contribution < 1.29 is 74.2 Å². The Bertz CT molecular complexity index is 810. The van der Waals surface area contributed by atoms with Gasteiger partial charge in [-0.1, -0.05) is 45.4 Å². The van der Waals surface area contributed by atoms with Gasteiger partial charge in [0.2, 0.25) is 0 Å². The summed E-state index contributed by atoms with van der Waals surface area (Å²) in [7, 11) is -4.02. The molecule has 1 aromatic carbocycles. The van der Waals surface area contributed by atoms with Gasteiger partial charge in [-0.3, -0.25) is 4.18 Å². The molecule has 1 aromatic rings. The van der Waals surface area contributed by atoms with Crippen LogP contribution in [0.15, 0.2) is 29.2 Å². The maximum Gasteiger partial charge on any atom is 1.00 e. The summed E-state index contributed by atoms with van der Waals surface area (Å²) in [6.07, 6.45) is -6.95. The summed E-state index contributed by atoms with van der Waals surface area (Å²) >= 11 is 2.99. The topological polar surface area (TPSA) is 165 Å². The molecule has 0 aliphatic heterocycles. The van der Waals surface area contributed by atoms with E-state index < -0.39 is 53.3 Å². The van der Waals surface area contributed by atoms with Crippen LogP contribution >= 0.6 is 23.5 Å². The number of benzene rings is 1. The molecule has 2 unspecified atom stereocenters. The van der Waals surface area contributed by atoms with Crippen molar-refractivity contribution >= 4 is 42.1 Å². The first-order chi connectivity index (χ1) is 16.2. The average molecular weight is 594 g/mol. The summed E-state index contributed by atoms with van der Waals surface area (Å²) in [5, 5.41) is 57.1. The molecule has 14 heteroatoms. The molecule has 0 heterocycles. The van der Waals surface area contributed by atoms with E-state index in [2.05, 4.69) is 0 Å². The fourth-order valence-corrected chi connectivity index (χ4v) is 5.51. The van der Waals surface area contributed by atoms with Gasteiger partial charge in [0.15, 0.2) is 0 Å². The third-order valence-electron chi connectivity index (χ3n) is 5.11. The standard InChI is InChI=1S/C15H24O6S2.C8H18O3S.B.Na.H/c1-4-22-11(3)14(17)15(18)13(16)9-21-23(19,20)12-7-5-10(2)6-8-12;1-4-12-6(3)8(11)7(10)5(2)9;;;/h5-8,11,13-18H,4,9H2,1-3H3;5-11H,4H2,1-3H3;;;/q;;;+1;-1/t11?,13-,14-,15-;5-,6?,7-,8-;;;/m00.../s1. The molecule has 0 saturated carbocycles. The Balaban J connectivity index is -0.000000333. The van der Waals surface area contributed by atoms with Crippen LogP contribution in [0.4, 0.5) is 0 Å². The monoisotopic (exact) mass is 593 g/mol. The van der Waals surface area contributed by atoms with Gasteiger partial charge in [-0.15, -0.1) is 0 Å². The van der Waals surface area contributed by atoms with Gasteiger partial charge in [0.1, 0.15) is 18.3 Å². The molecule has 211 valence electrons. The van der Waals surface area contributed by atoms with Crippen LogP contribution in [0.2, 0.25) is 0 Å². The molecule has 0 aromatic heterocycles. The van der Waals surface area contributed by atoms with Gasteiger partial charge in [0, 0.05) is 18.9 Å². The third-order valence-corrected chi connectivity index (χ3v) is 8.68. The molecule has 0 aliphatic carbocycles. The molecule has 6 N–H and O–H groups in total. The summed E-state index contributed by atoms with van der Waals surface area (Å²) in [5.41, 5.74) is 0.907. The van der Waals surface area contributed by atoms with Crippen molar-refractivity contribution in [1.82, 2.24) is 0 Å². The summed E-state index contributed by atoms with van der Waals surface area (Å²) in [5.74, 6) is 1.64. The number of thioether (sulfide) groups is 2. The molecular weight excluding hydrogens is 550 g/mol. The van der Waals surface area contributed by atoms with Gasteiger partial charge < -0.3 is 32.1 Å². The summed E-state index contributed by atoms with van der Waals surface area (Å²) in [4.78, 5) is -0.0276. The van der Waals surface area contributed by atoms with E-state index in [0.717, 1.165) is 17.1 Å². The number of hydrogen-bond donors (Lipinski definition) is 6. The number of aliphatic hydroxyl groups excluding tert-OH is 6. The van der Waals surface area contributed by atoms with Gasteiger partial charge in [-0.2, -0.15) is 31.9 Å². The second-order valence-corrected chi connectivity index (χ2v) is 13.1. The first-order valence-electron chi connectivity index (χ1n) is 11.5. The van der Waals surface area contributed by atoms with E-state index in [1.807, 2.05) is 27.7 Å². The maximum absolute atomic E-state index is 12.0. The SMILES string of the molecule is CCSC(C)[C@H](O)[C@@H](O)[C@@H](O)COS(=O)(=O)c1ccc(C)cc1.CCSC(C)[C@H](O)[C@@H](O)[C@H](C)O.[B].[H-].[Na+]. The summed E-state index contributed by atoms with van der Waals surface area (Å²) < 4.78 is 28.8. The van der Waals surface area contributed by atoms with E-state index in [1.165, 1.54) is 30.8 Å². The van der Waals surface area contributed by atoms with E-state index >= 15 is 0 Å². The predicted octanol–water partition coefficient (Wildman–Crippen LogP) is -2.11. The third kappa shape index (κ3) is 15.9. The minimum absolute atomic E-state index is 0. The fraction of sp³-hybridized carbons (Fsp3) is 0.739. The van der Waals surface area contributed by atoms with Crippen molar-refractivity contribution in [2.24, 2.45) is 0 Å². The molecule has 0 saturated heterocycles.